The van der Waals surface area contributed by atoms with Crippen molar-refractivity contribution in [2.24, 2.45) is 0 Å². The van der Waals surface area contributed by atoms with E-state index in [-0.39, 0.29) is 54.9 Å². The number of nitrogens with one attached hydrogen (secondary N) is 1. The molecule has 0 aromatic heterocycles. The number of amides is 2. The van der Waals surface area contributed by atoms with Gasteiger partial charge in [-0.2, -0.15) is 0 Å². The fourth-order valence-electron chi connectivity index (χ4n) is 8.36. The van der Waals surface area contributed by atoms with E-state index in [1.165, 1.54) is 33.0 Å². The van der Waals surface area contributed by atoms with E-state index in [1.54, 1.807) is 36.4 Å². The molecule has 3 unspecified atom stereocenters. The molecule has 3 atom stereocenters. The maximum Gasteiger partial charge on any atom is 0.227 e. The van der Waals surface area contributed by atoms with Crippen LogP contribution in [0.25, 0.3) is 0 Å². The molecule has 3 aliphatic rings. The minimum atomic E-state index is -3.11. The predicted molar refractivity (Wildman–Crippen MR) is 269 cm³/mol. The topological polar surface area (TPSA) is 86.8 Å². The van der Waals surface area contributed by atoms with Crippen LogP contribution in [0.4, 0.5) is 0 Å². The van der Waals surface area contributed by atoms with Crippen LogP contribution in [0, 0.1) is 0 Å². The summed E-state index contributed by atoms with van der Waals surface area (Å²) in [6, 6.07) is 29.5. The number of carbonyl (C=O) groups excluding carboxylic acids is 2. The highest BCUT2D eigenvalue weighted by molar-refractivity contribution is 9.10. The van der Waals surface area contributed by atoms with Gasteiger partial charge in [0.05, 0.1) is 30.7 Å². The SMILES string of the molecule is CC1NCCc2ccc(Br)cc21.CC1c2cc(Br)ccc2CCN1C(=O)Cc1c(Cl)cccc1Cl.CC1c2cc(CS(C)(=O)=O)ccc2CCN1C(=O)Cc1c(Cl)cccc1Cl.Cl. The molecule has 0 spiro atoms. The Morgan fingerprint density at radius 3 is 1.51 bits per heavy atom. The summed E-state index contributed by atoms with van der Waals surface area (Å²) in [7, 11) is -3.11. The molecule has 5 aromatic rings. The zero-order valence-electron chi connectivity index (χ0n) is 35.4. The van der Waals surface area contributed by atoms with Gasteiger partial charge in [0.15, 0.2) is 9.84 Å². The van der Waals surface area contributed by atoms with Crippen LogP contribution >= 0.6 is 90.7 Å². The van der Waals surface area contributed by atoms with Gasteiger partial charge in [-0.15, -0.1) is 12.4 Å². The number of sulfone groups is 1. The van der Waals surface area contributed by atoms with Crippen molar-refractivity contribution in [3.63, 3.8) is 0 Å². The van der Waals surface area contributed by atoms with Crippen LogP contribution in [0.3, 0.4) is 0 Å². The quantitative estimate of drug-likeness (QED) is 0.183. The Kier molecular flexibility index (Phi) is 18.5. The summed E-state index contributed by atoms with van der Waals surface area (Å²) in [4.78, 5) is 29.4. The molecule has 0 saturated carbocycles. The van der Waals surface area contributed by atoms with E-state index in [0.717, 1.165) is 53.5 Å². The molecular formula is C48H50Br2Cl5N3O4S. The number of halogens is 7. The fraction of sp³-hybridized carbons (Fsp3) is 0.333. The number of nitrogens with zero attached hydrogens (tertiary/aromatic N) is 2. The Morgan fingerprint density at radius 2 is 1.05 bits per heavy atom. The molecule has 0 fully saturated rings. The van der Waals surface area contributed by atoms with Gasteiger partial charge in [0.1, 0.15) is 0 Å². The molecule has 0 bridgehead atoms. The van der Waals surface area contributed by atoms with Gasteiger partial charge in [0.2, 0.25) is 11.8 Å². The molecule has 2 amide bonds. The van der Waals surface area contributed by atoms with E-state index in [9.17, 15) is 18.0 Å². The number of fused-ring (bicyclic) bond motifs is 3. The summed E-state index contributed by atoms with van der Waals surface area (Å²) < 4.78 is 25.4. The average Bonchev–Trinajstić information content (AvgIpc) is 3.21. The monoisotopic (exact) mass is 1100 g/mol. The number of hydrogen-bond acceptors (Lipinski definition) is 5. The van der Waals surface area contributed by atoms with Gasteiger partial charge in [-0.1, -0.05) is 121 Å². The first-order valence-corrected chi connectivity index (χ1v) is 25.6. The molecular weight excluding hydrogens is 1050 g/mol. The molecule has 8 rings (SSSR count). The van der Waals surface area contributed by atoms with Crippen molar-refractivity contribution in [3.05, 3.63) is 170 Å². The highest BCUT2D eigenvalue weighted by atomic mass is 79.9. The number of carbonyl (C=O) groups is 2. The Morgan fingerprint density at radius 1 is 0.635 bits per heavy atom. The summed E-state index contributed by atoms with van der Waals surface area (Å²) >= 11 is 31.8. The van der Waals surface area contributed by atoms with E-state index in [2.05, 4.69) is 81.4 Å². The van der Waals surface area contributed by atoms with Crippen molar-refractivity contribution in [3.8, 4) is 0 Å². The molecule has 63 heavy (non-hydrogen) atoms. The van der Waals surface area contributed by atoms with Gasteiger partial charge in [0, 0.05) is 54.4 Å². The maximum atomic E-state index is 12.9. The van der Waals surface area contributed by atoms with E-state index >= 15 is 0 Å². The molecule has 336 valence electrons. The predicted octanol–water partition coefficient (Wildman–Crippen LogP) is 12.7. The summed E-state index contributed by atoms with van der Waals surface area (Å²) in [5.41, 5.74) is 9.67. The first-order chi connectivity index (χ1) is 29.4. The van der Waals surface area contributed by atoms with Crippen molar-refractivity contribution in [2.75, 3.05) is 25.9 Å². The first-order valence-electron chi connectivity index (χ1n) is 20.4. The van der Waals surface area contributed by atoms with E-state index in [0.29, 0.717) is 43.8 Å². The molecule has 1 N–H and O–H groups in total. The Balaban J connectivity index is 0.000000188. The smallest absolute Gasteiger partial charge is 0.227 e. The van der Waals surface area contributed by atoms with Crippen molar-refractivity contribution in [1.82, 2.24) is 15.1 Å². The third-order valence-corrected chi connectivity index (χ3v) is 14.9. The molecule has 3 aliphatic heterocycles. The van der Waals surface area contributed by atoms with Crippen molar-refractivity contribution in [1.29, 1.82) is 0 Å². The third-order valence-electron chi connectivity index (χ3n) is 11.7. The average molecular weight is 1100 g/mol. The Hall–Kier alpha value is -2.64. The minimum absolute atomic E-state index is 0. The summed E-state index contributed by atoms with van der Waals surface area (Å²) in [6.07, 6.45) is 4.36. The van der Waals surface area contributed by atoms with Gasteiger partial charge < -0.3 is 15.1 Å². The van der Waals surface area contributed by atoms with Crippen molar-refractivity contribution < 1.29 is 18.0 Å². The van der Waals surface area contributed by atoms with Gasteiger partial charge >= 0.3 is 0 Å². The van der Waals surface area contributed by atoms with E-state index < -0.39 is 9.84 Å². The van der Waals surface area contributed by atoms with Crippen molar-refractivity contribution in [2.45, 2.75) is 76.8 Å². The molecule has 0 radical (unpaired) electrons. The minimum Gasteiger partial charge on any atom is -0.335 e. The van der Waals surface area contributed by atoms with E-state index in [1.807, 2.05) is 41.0 Å². The Bertz CT molecular complexity index is 2540. The fourth-order valence-corrected chi connectivity index (χ4v) is 11.0. The normalized spacial score (nSPS) is 17.7. The molecule has 0 saturated heterocycles. The summed E-state index contributed by atoms with van der Waals surface area (Å²) in [5.74, 6) is 0.00527. The van der Waals surface area contributed by atoms with Crippen molar-refractivity contribution >= 4 is 112 Å². The largest absolute Gasteiger partial charge is 0.335 e. The zero-order valence-corrected chi connectivity index (χ0v) is 43.2. The second-order valence-electron chi connectivity index (χ2n) is 16.0. The highest BCUT2D eigenvalue weighted by Gasteiger charge is 2.30. The number of benzene rings is 5. The molecule has 5 aromatic carbocycles. The zero-order chi connectivity index (χ0) is 44.9. The van der Waals surface area contributed by atoms with Crippen LogP contribution in [0.1, 0.15) is 89.0 Å². The number of rotatable bonds is 6. The van der Waals surface area contributed by atoms with Gasteiger partial charge in [-0.25, -0.2) is 8.42 Å². The summed E-state index contributed by atoms with van der Waals surface area (Å²) in [6.45, 7) is 8.68. The molecule has 0 aliphatic carbocycles. The lowest BCUT2D eigenvalue weighted by molar-refractivity contribution is -0.133. The second-order valence-corrected chi connectivity index (χ2v) is 21.6. The van der Waals surface area contributed by atoms with Gasteiger partial charge in [-0.3, -0.25) is 9.59 Å². The van der Waals surface area contributed by atoms with E-state index in [4.69, 9.17) is 46.4 Å². The maximum absolute atomic E-state index is 12.9. The van der Waals surface area contributed by atoms with Crippen LogP contribution < -0.4 is 5.32 Å². The highest BCUT2D eigenvalue weighted by Crippen LogP contribution is 2.35. The second kappa shape index (κ2) is 22.7. The molecule has 15 heteroatoms. The molecule has 7 nitrogen and oxygen atoms in total. The standard InChI is InChI=1S/C20H21Cl2NO3S.C18H16BrCl2NO.C10H12BrN.ClH/c1-13-16-10-14(12-27(2,25)26)6-7-15(16)8-9-23(13)20(24)11-17-18(21)4-3-5-19(17)22;1-11-14-9-13(19)6-5-12(14)7-8-22(11)18(23)10-15-16(20)3-2-4-17(15)21;1-7-10-6-9(11)3-2-8(10)4-5-12-7;/h3-7,10,13H,8-9,11-12H2,1-2H3;2-6,9,11H,7-8,10H2,1H3;2-3,6-7,12H,4-5H2,1H3;1H. The lowest BCUT2D eigenvalue weighted by Crippen LogP contribution is -2.39. The van der Waals surface area contributed by atoms with Crippen LogP contribution in [0.15, 0.2) is 99.9 Å². The third kappa shape index (κ3) is 13.3. The summed E-state index contributed by atoms with van der Waals surface area (Å²) in [5, 5.41) is 5.49. The van der Waals surface area contributed by atoms with Gasteiger partial charge in [0.25, 0.3) is 0 Å². The molecule has 3 heterocycles. The lowest BCUT2D eigenvalue weighted by Gasteiger charge is -2.36. The Labute approximate surface area is 414 Å². The van der Waals surface area contributed by atoms with Crippen LogP contribution in [-0.2, 0) is 57.3 Å². The van der Waals surface area contributed by atoms with Crippen LogP contribution in [0.5, 0.6) is 0 Å². The number of hydrogen-bond donors (Lipinski definition) is 1. The lowest BCUT2D eigenvalue weighted by atomic mass is 9.91. The van der Waals surface area contributed by atoms with Crippen LogP contribution in [-0.4, -0.2) is 55.9 Å². The van der Waals surface area contributed by atoms with Crippen LogP contribution in [0.2, 0.25) is 20.1 Å². The van der Waals surface area contributed by atoms with Gasteiger partial charge in [-0.05, 0) is 145 Å². The first kappa shape index (κ1) is 51.3.